The van der Waals surface area contributed by atoms with Gasteiger partial charge in [-0.15, -0.1) is 5.10 Å². The standard InChI is InChI=1S/C12H10N4OS2/c1-6-3-7(2)10-8(4-6)18-12(14-10)15-11(17)9-5-13-16-19-9/h3-5H,1-2H3,(H,14,15,17). The predicted molar refractivity (Wildman–Crippen MR) is 77.0 cm³/mol. The van der Waals surface area contributed by atoms with Gasteiger partial charge in [-0.25, -0.2) is 4.98 Å². The van der Waals surface area contributed by atoms with Crippen molar-refractivity contribution in [1.29, 1.82) is 0 Å². The minimum absolute atomic E-state index is 0.219. The van der Waals surface area contributed by atoms with Crippen LogP contribution < -0.4 is 5.32 Å². The van der Waals surface area contributed by atoms with E-state index in [0.29, 0.717) is 10.0 Å². The number of hydrogen-bond acceptors (Lipinski definition) is 6. The average molecular weight is 290 g/mol. The van der Waals surface area contributed by atoms with E-state index in [1.165, 1.54) is 23.1 Å². The fourth-order valence-electron chi connectivity index (χ4n) is 1.85. The summed E-state index contributed by atoms with van der Waals surface area (Å²) in [5, 5.41) is 7.02. The number of hydrogen-bond donors (Lipinski definition) is 1. The summed E-state index contributed by atoms with van der Waals surface area (Å²) in [5.41, 5.74) is 3.25. The van der Waals surface area contributed by atoms with E-state index in [1.807, 2.05) is 13.8 Å². The number of aromatic nitrogens is 3. The predicted octanol–water partition coefficient (Wildman–Crippen LogP) is 3.02. The van der Waals surface area contributed by atoms with Gasteiger partial charge >= 0.3 is 0 Å². The average Bonchev–Trinajstić information content (AvgIpc) is 2.96. The van der Waals surface area contributed by atoms with Crippen LogP contribution in [0.5, 0.6) is 0 Å². The molecule has 0 radical (unpaired) electrons. The molecule has 0 aliphatic rings. The minimum atomic E-state index is -0.219. The van der Waals surface area contributed by atoms with Gasteiger partial charge in [-0.3, -0.25) is 10.1 Å². The maximum absolute atomic E-state index is 11.9. The zero-order valence-electron chi connectivity index (χ0n) is 10.3. The maximum Gasteiger partial charge on any atom is 0.270 e. The molecule has 0 unspecified atom stereocenters. The molecule has 0 atom stereocenters. The Morgan fingerprint density at radius 3 is 2.89 bits per heavy atom. The molecule has 0 fully saturated rings. The van der Waals surface area contributed by atoms with Gasteiger partial charge in [0.15, 0.2) is 5.13 Å². The van der Waals surface area contributed by atoms with Gasteiger partial charge in [0.2, 0.25) is 0 Å². The van der Waals surface area contributed by atoms with Gasteiger partial charge in [0, 0.05) is 0 Å². The SMILES string of the molecule is Cc1cc(C)c2nc(NC(=O)c3cnns3)sc2c1. The molecule has 1 aromatic carbocycles. The van der Waals surface area contributed by atoms with Gasteiger partial charge in [0.25, 0.3) is 5.91 Å². The fraction of sp³-hybridized carbons (Fsp3) is 0.167. The summed E-state index contributed by atoms with van der Waals surface area (Å²) < 4.78 is 4.75. The number of anilines is 1. The molecular formula is C12H10N4OS2. The Bertz CT molecular complexity index is 749. The van der Waals surface area contributed by atoms with Crippen molar-refractivity contribution in [3.05, 3.63) is 34.3 Å². The molecule has 1 N–H and O–H groups in total. The van der Waals surface area contributed by atoms with E-state index in [9.17, 15) is 4.79 Å². The number of nitrogens with zero attached hydrogens (tertiary/aromatic N) is 3. The lowest BCUT2D eigenvalue weighted by atomic mass is 10.1. The molecule has 2 heterocycles. The number of benzene rings is 1. The zero-order chi connectivity index (χ0) is 13.4. The molecule has 19 heavy (non-hydrogen) atoms. The first kappa shape index (κ1) is 12.2. The minimum Gasteiger partial charge on any atom is -0.297 e. The summed E-state index contributed by atoms with van der Waals surface area (Å²) in [6.07, 6.45) is 1.45. The Kier molecular flexibility index (Phi) is 3.00. The molecule has 0 aliphatic heterocycles. The molecule has 3 rings (SSSR count). The number of thiazole rings is 1. The van der Waals surface area contributed by atoms with Crippen LogP contribution in [0.1, 0.15) is 20.8 Å². The van der Waals surface area contributed by atoms with Crippen LogP contribution >= 0.6 is 22.9 Å². The molecule has 96 valence electrons. The summed E-state index contributed by atoms with van der Waals surface area (Å²) >= 11 is 2.54. The first-order valence-electron chi connectivity index (χ1n) is 5.60. The van der Waals surface area contributed by atoms with Crippen molar-refractivity contribution in [1.82, 2.24) is 14.6 Å². The van der Waals surface area contributed by atoms with E-state index in [1.54, 1.807) is 0 Å². The second kappa shape index (κ2) is 4.67. The van der Waals surface area contributed by atoms with E-state index < -0.39 is 0 Å². The van der Waals surface area contributed by atoms with E-state index in [2.05, 4.69) is 32.0 Å². The third-order valence-corrected chi connectivity index (χ3v) is 4.22. The molecule has 5 nitrogen and oxygen atoms in total. The van der Waals surface area contributed by atoms with Crippen LogP contribution in [-0.4, -0.2) is 20.5 Å². The lowest BCUT2D eigenvalue weighted by molar-refractivity contribution is 0.103. The number of carbonyl (C=O) groups is 1. The van der Waals surface area contributed by atoms with E-state index in [4.69, 9.17) is 0 Å². The van der Waals surface area contributed by atoms with Crippen LogP contribution in [0.25, 0.3) is 10.2 Å². The van der Waals surface area contributed by atoms with Gasteiger partial charge in [-0.05, 0) is 42.6 Å². The number of nitrogens with one attached hydrogen (secondary N) is 1. The van der Waals surface area contributed by atoms with Crippen molar-refractivity contribution in [3.8, 4) is 0 Å². The highest BCUT2D eigenvalue weighted by atomic mass is 32.1. The molecule has 0 saturated heterocycles. The topological polar surface area (TPSA) is 67.8 Å². The Hall–Kier alpha value is -1.86. The Labute approximate surface area is 117 Å². The van der Waals surface area contributed by atoms with Gasteiger partial charge in [-0.1, -0.05) is 21.9 Å². The van der Waals surface area contributed by atoms with Gasteiger partial charge in [0.1, 0.15) is 4.88 Å². The number of aryl methyl sites for hydroxylation is 2. The lowest BCUT2D eigenvalue weighted by Crippen LogP contribution is -2.09. The third-order valence-electron chi connectivity index (χ3n) is 2.64. The fourth-order valence-corrected chi connectivity index (χ4v) is 3.30. The van der Waals surface area contributed by atoms with Crippen LogP contribution in [-0.2, 0) is 0 Å². The highest BCUT2D eigenvalue weighted by molar-refractivity contribution is 7.22. The summed E-state index contributed by atoms with van der Waals surface area (Å²) in [5.74, 6) is -0.219. The van der Waals surface area contributed by atoms with Crippen molar-refractivity contribution >= 4 is 44.1 Å². The second-order valence-corrected chi connectivity index (χ2v) is 6.00. The van der Waals surface area contributed by atoms with Crippen molar-refractivity contribution in [2.24, 2.45) is 0 Å². The second-order valence-electron chi connectivity index (χ2n) is 4.18. The van der Waals surface area contributed by atoms with Crippen molar-refractivity contribution in [2.75, 3.05) is 5.32 Å². The highest BCUT2D eigenvalue weighted by Crippen LogP contribution is 2.29. The maximum atomic E-state index is 11.9. The van der Waals surface area contributed by atoms with E-state index in [0.717, 1.165) is 27.3 Å². The molecule has 1 amide bonds. The summed E-state index contributed by atoms with van der Waals surface area (Å²) in [6, 6.07) is 4.16. The molecule has 7 heteroatoms. The lowest BCUT2D eigenvalue weighted by Gasteiger charge is -1.96. The summed E-state index contributed by atoms with van der Waals surface area (Å²) in [7, 11) is 0. The van der Waals surface area contributed by atoms with Gasteiger partial charge in [0.05, 0.1) is 16.4 Å². The number of rotatable bonds is 2. The van der Waals surface area contributed by atoms with E-state index in [-0.39, 0.29) is 5.91 Å². The molecular weight excluding hydrogens is 280 g/mol. The molecule has 3 aromatic rings. The van der Waals surface area contributed by atoms with Crippen LogP contribution in [0.3, 0.4) is 0 Å². The Morgan fingerprint density at radius 2 is 2.16 bits per heavy atom. The number of fused-ring (bicyclic) bond motifs is 1. The van der Waals surface area contributed by atoms with Crippen molar-refractivity contribution in [2.45, 2.75) is 13.8 Å². The normalized spacial score (nSPS) is 10.8. The summed E-state index contributed by atoms with van der Waals surface area (Å²) in [6.45, 7) is 4.07. The first-order chi connectivity index (χ1) is 9.13. The molecule has 0 saturated carbocycles. The monoisotopic (exact) mass is 290 g/mol. The third kappa shape index (κ3) is 2.34. The number of carbonyl (C=O) groups excluding carboxylic acids is 1. The molecule has 0 spiro atoms. The molecule has 0 bridgehead atoms. The largest absolute Gasteiger partial charge is 0.297 e. The van der Waals surface area contributed by atoms with Crippen LogP contribution in [0.4, 0.5) is 5.13 Å². The quantitative estimate of drug-likeness (QED) is 0.787. The van der Waals surface area contributed by atoms with E-state index >= 15 is 0 Å². The van der Waals surface area contributed by atoms with Gasteiger partial charge < -0.3 is 0 Å². The summed E-state index contributed by atoms with van der Waals surface area (Å²) in [4.78, 5) is 16.8. The smallest absolute Gasteiger partial charge is 0.270 e. The first-order valence-corrected chi connectivity index (χ1v) is 7.19. The van der Waals surface area contributed by atoms with Crippen LogP contribution in [0.15, 0.2) is 18.3 Å². The zero-order valence-corrected chi connectivity index (χ0v) is 11.9. The van der Waals surface area contributed by atoms with Crippen LogP contribution in [0, 0.1) is 13.8 Å². The van der Waals surface area contributed by atoms with Crippen LogP contribution in [0.2, 0.25) is 0 Å². The van der Waals surface area contributed by atoms with Crippen molar-refractivity contribution in [3.63, 3.8) is 0 Å². The number of amides is 1. The highest BCUT2D eigenvalue weighted by Gasteiger charge is 2.12. The Morgan fingerprint density at radius 1 is 1.32 bits per heavy atom. The van der Waals surface area contributed by atoms with Crippen molar-refractivity contribution < 1.29 is 4.79 Å². The molecule has 2 aromatic heterocycles. The molecule has 0 aliphatic carbocycles. The van der Waals surface area contributed by atoms with Gasteiger partial charge in [-0.2, -0.15) is 0 Å². The Balaban J connectivity index is 1.94.